The summed E-state index contributed by atoms with van der Waals surface area (Å²) in [6.45, 7) is 5.85. The molecule has 2 heterocycles. The Balaban J connectivity index is 1.56. The molecule has 0 saturated carbocycles. The van der Waals surface area contributed by atoms with Crippen molar-refractivity contribution in [3.05, 3.63) is 81.8 Å². The van der Waals surface area contributed by atoms with Crippen LogP contribution in [0.5, 0.6) is 0 Å². The molecular weight excluding hydrogens is 497 g/mol. The molecule has 0 aliphatic carbocycles. The summed E-state index contributed by atoms with van der Waals surface area (Å²) in [4.78, 5) is 17.3. The van der Waals surface area contributed by atoms with E-state index in [1.807, 2.05) is 20.8 Å². The van der Waals surface area contributed by atoms with Crippen LogP contribution in [0, 0.1) is 17.5 Å². The van der Waals surface area contributed by atoms with Crippen LogP contribution in [0.1, 0.15) is 54.9 Å². The lowest BCUT2D eigenvalue weighted by Gasteiger charge is -2.13. The summed E-state index contributed by atoms with van der Waals surface area (Å²) in [6.07, 6.45) is -0.286. The van der Waals surface area contributed by atoms with Crippen molar-refractivity contribution in [2.75, 3.05) is 5.32 Å². The van der Waals surface area contributed by atoms with Gasteiger partial charge in [0.25, 0.3) is 5.91 Å². The SMILES string of the molecule is CC(C)(C)c1cc(NC(=NC2CC(c3cc(F)cc(F)c3)NN2)NC(=O)c2ccc(Cl)c(F)c2)no1. The van der Waals surface area contributed by atoms with E-state index in [4.69, 9.17) is 16.1 Å². The summed E-state index contributed by atoms with van der Waals surface area (Å²) >= 11 is 5.71. The number of hydrazine groups is 1. The van der Waals surface area contributed by atoms with Crippen LogP contribution in [0.4, 0.5) is 19.0 Å². The largest absolute Gasteiger partial charge is 0.359 e. The zero-order valence-corrected chi connectivity index (χ0v) is 20.4. The maximum atomic E-state index is 13.9. The number of hydrogen-bond acceptors (Lipinski definition) is 6. The number of amides is 1. The van der Waals surface area contributed by atoms with Gasteiger partial charge in [-0.05, 0) is 35.9 Å². The highest BCUT2D eigenvalue weighted by Crippen LogP contribution is 2.26. The summed E-state index contributed by atoms with van der Waals surface area (Å²) in [5.74, 6) is -1.89. The average molecular weight is 521 g/mol. The highest BCUT2D eigenvalue weighted by molar-refractivity contribution is 6.30. The maximum absolute atomic E-state index is 13.9. The van der Waals surface area contributed by atoms with Crippen molar-refractivity contribution in [3.8, 4) is 0 Å². The Morgan fingerprint density at radius 1 is 1.11 bits per heavy atom. The van der Waals surface area contributed by atoms with Crippen molar-refractivity contribution in [1.82, 2.24) is 21.3 Å². The lowest BCUT2D eigenvalue weighted by Crippen LogP contribution is -2.39. The molecule has 0 radical (unpaired) electrons. The van der Waals surface area contributed by atoms with Gasteiger partial charge in [-0.25, -0.2) is 29.0 Å². The number of carbonyl (C=O) groups is 1. The van der Waals surface area contributed by atoms with E-state index in [9.17, 15) is 18.0 Å². The zero-order chi connectivity index (χ0) is 26.0. The summed E-state index contributed by atoms with van der Waals surface area (Å²) < 4.78 is 46.5. The number of benzene rings is 2. The van der Waals surface area contributed by atoms with E-state index in [0.717, 1.165) is 12.1 Å². The fourth-order valence-corrected chi connectivity index (χ4v) is 3.61. The Hall–Kier alpha value is -3.41. The molecule has 0 spiro atoms. The molecule has 1 fully saturated rings. The topological polar surface area (TPSA) is 104 Å². The van der Waals surface area contributed by atoms with Crippen molar-refractivity contribution >= 4 is 29.3 Å². The van der Waals surface area contributed by atoms with E-state index < -0.39 is 35.6 Å². The normalized spacial score (nSPS) is 18.4. The number of rotatable bonds is 4. The van der Waals surface area contributed by atoms with Gasteiger partial charge >= 0.3 is 0 Å². The molecule has 4 N–H and O–H groups in total. The number of guanidine groups is 1. The molecule has 1 saturated heterocycles. The van der Waals surface area contributed by atoms with Crippen LogP contribution in [0.3, 0.4) is 0 Å². The highest BCUT2D eigenvalue weighted by Gasteiger charge is 2.27. The average Bonchev–Trinajstić information content (AvgIpc) is 3.44. The summed E-state index contributed by atoms with van der Waals surface area (Å²) in [7, 11) is 0. The molecule has 2 unspecified atom stereocenters. The second-order valence-corrected chi connectivity index (χ2v) is 9.71. The van der Waals surface area contributed by atoms with Crippen LogP contribution >= 0.6 is 11.6 Å². The predicted octanol–water partition coefficient (Wildman–Crippen LogP) is 4.81. The quantitative estimate of drug-likeness (QED) is 0.291. The van der Waals surface area contributed by atoms with Gasteiger partial charge in [-0.15, -0.1) is 0 Å². The fraction of sp³-hybridized carbons (Fsp3) is 0.292. The minimum atomic E-state index is -0.742. The third-order valence-electron chi connectivity index (χ3n) is 5.36. The molecule has 8 nitrogen and oxygen atoms in total. The zero-order valence-electron chi connectivity index (χ0n) is 19.6. The van der Waals surface area contributed by atoms with Crippen LogP contribution in [0.2, 0.25) is 5.02 Å². The van der Waals surface area contributed by atoms with Gasteiger partial charge in [-0.2, -0.15) is 0 Å². The standard InChI is InChI=1S/C24H24ClF3N6O2/c1-24(2,3)19-11-21(34-36-19)30-23(31-22(35)12-4-5-16(25)17(28)8-12)29-20-10-18(32-33-20)13-6-14(26)9-15(27)7-13/h4-9,11,18,20,32-33H,10H2,1-3H3,(H2,29,30,31,34,35). The first-order chi connectivity index (χ1) is 17.0. The minimum Gasteiger partial charge on any atom is -0.359 e. The molecule has 1 aliphatic heterocycles. The van der Waals surface area contributed by atoms with Crippen LogP contribution in [0.15, 0.2) is 52.0 Å². The second-order valence-electron chi connectivity index (χ2n) is 9.31. The van der Waals surface area contributed by atoms with Crippen molar-refractivity contribution in [2.45, 2.75) is 44.8 Å². The first-order valence-electron chi connectivity index (χ1n) is 11.0. The monoisotopic (exact) mass is 520 g/mol. The lowest BCUT2D eigenvalue weighted by molar-refractivity contribution is 0.0976. The molecule has 2 aromatic carbocycles. The number of nitrogens with one attached hydrogen (secondary N) is 4. The van der Waals surface area contributed by atoms with Gasteiger partial charge in [0.2, 0.25) is 5.96 Å². The van der Waals surface area contributed by atoms with Gasteiger partial charge in [0.15, 0.2) is 5.82 Å². The number of nitrogens with zero attached hydrogens (tertiary/aromatic N) is 2. The highest BCUT2D eigenvalue weighted by atomic mass is 35.5. The molecule has 3 aromatic rings. The van der Waals surface area contributed by atoms with Gasteiger partial charge in [-0.1, -0.05) is 37.5 Å². The molecular formula is C24H24ClF3N6O2. The van der Waals surface area contributed by atoms with Gasteiger partial charge in [0.05, 0.1) is 5.02 Å². The molecule has 190 valence electrons. The molecule has 0 bridgehead atoms. The second kappa shape index (κ2) is 10.3. The number of aromatic nitrogens is 1. The molecule has 36 heavy (non-hydrogen) atoms. The Morgan fingerprint density at radius 3 is 2.47 bits per heavy atom. The number of carbonyl (C=O) groups excluding carboxylic acids is 1. The molecule has 1 aliphatic rings. The third-order valence-corrected chi connectivity index (χ3v) is 5.67. The van der Waals surface area contributed by atoms with Gasteiger partial charge in [0.1, 0.15) is 29.4 Å². The Bertz CT molecular complexity index is 1290. The Labute approximate surface area is 210 Å². The smallest absolute Gasteiger partial charge is 0.258 e. The van der Waals surface area contributed by atoms with E-state index in [1.54, 1.807) is 6.07 Å². The predicted molar refractivity (Wildman–Crippen MR) is 129 cm³/mol. The van der Waals surface area contributed by atoms with E-state index >= 15 is 0 Å². The van der Waals surface area contributed by atoms with E-state index in [1.165, 1.54) is 24.3 Å². The van der Waals surface area contributed by atoms with E-state index in [-0.39, 0.29) is 27.8 Å². The summed E-state index contributed by atoms with van der Waals surface area (Å²) in [5, 5.41) is 9.36. The number of hydrogen-bond donors (Lipinski definition) is 4. The first-order valence-corrected chi connectivity index (χ1v) is 11.4. The lowest BCUT2D eigenvalue weighted by atomic mass is 9.93. The number of anilines is 1. The summed E-state index contributed by atoms with van der Waals surface area (Å²) in [6, 6.07) is 8.13. The van der Waals surface area contributed by atoms with Crippen LogP contribution in [-0.4, -0.2) is 23.2 Å². The van der Waals surface area contributed by atoms with Crippen molar-refractivity contribution < 1.29 is 22.5 Å². The summed E-state index contributed by atoms with van der Waals surface area (Å²) in [5.41, 5.74) is 5.98. The number of halogens is 4. The van der Waals surface area contributed by atoms with Crippen LogP contribution < -0.4 is 21.5 Å². The third kappa shape index (κ3) is 6.23. The molecule has 1 amide bonds. The van der Waals surface area contributed by atoms with Gasteiger partial charge in [-0.3, -0.25) is 10.1 Å². The Kier molecular flexibility index (Phi) is 7.34. The van der Waals surface area contributed by atoms with Gasteiger partial charge < -0.3 is 9.84 Å². The fourth-order valence-electron chi connectivity index (χ4n) is 3.50. The first kappa shape index (κ1) is 25.7. The van der Waals surface area contributed by atoms with Gasteiger partial charge in [0, 0.05) is 35.6 Å². The molecule has 2 atom stereocenters. The molecule has 12 heteroatoms. The van der Waals surface area contributed by atoms with Crippen molar-refractivity contribution in [1.29, 1.82) is 0 Å². The van der Waals surface area contributed by atoms with E-state index in [0.29, 0.717) is 17.7 Å². The number of aliphatic imine (C=N–C) groups is 1. The van der Waals surface area contributed by atoms with Crippen molar-refractivity contribution in [3.63, 3.8) is 0 Å². The van der Waals surface area contributed by atoms with E-state index in [2.05, 4.69) is 31.6 Å². The minimum absolute atomic E-state index is 0.00510. The Morgan fingerprint density at radius 2 is 1.83 bits per heavy atom. The maximum Gasteiger partial charge on any atom is 0.258 e. The van der Waals surface area contributed by atoms with Crippen molar-refractivity contribution in [2.24, 2.45) is 4.99 Å². The molecule has 1 aromatic heterocycles. The van der Waals surface area contributed by atoms with Crippen LogP contribution in [-0.2, 0) is 5.41 Å². The molecule has 4 rings (SSSR count). The van der Waals surface area contributed by atoms with Crippen LogP contribution in [0.25, 0.3) is 0 Å².